The molecule has 1 aromatic carbocycles. The Morgan fingerprint density at radius 1 is 1.19 bits per heavy atom. The van der Waals surface area contributed by atoms with Crippen molar-refractivity contribution in [3.8, 4) is 0 Å². The standard InChI is InChI=1S/C16H20N2O3/c17-16(8-4-1-5-9-16)15(21)18-10-12(14(19)20)11-6-2-3-7-13(11)18/h2-3,6-7,12H,1,4-5,8-10,17H2,(H,19,20). The van der Waals surface area contributed by atoms with Gasteiger partial charge in [0.25, 0.3) is 0 Å². The molecule has 1 unspecified atom stereocenters. The van der Waals surface area contributed by atoms with Crippen LogP contribution in [0.3, 0.4) is 0 Å². The highest BCUT2D eigenvalue weighted by atomic mass is 16.4. The average Bonchev–Trinajstić information content (AvgIpc) is 2.87. The van der Waals surface area contributed by atoms with Gasteiger partial charge in [0.1, 0.15) is 5.92 Å². The Morgan fingerprint density at radius 2 is 1.86 bits per heavy atom. The van der Waals surface area contributed by atoms with E-state index >= 15 is 0 Å². The fourth-order valence-electron chi connectivity index (χ4n) is 3.48. The number of carbonyl (C=O) groups is 2. The van der Waals surface area contributed by atoms with Crippen molar-refractivity contribution in [2.75, 3.05) is 11.4 Å². The number of carbonyl (C=O) groups excluding carboxylic acids is 1. The molecule has 1 aliphatic heterocycles. The van der Waals surface area contributed by atoms with Gasteiger partial charge >= 0.3 is 5.97 Å². The molecule has 1 aliphatic carbocycles. The number of aliphatic carboxylic acids is 1. The fraction of sp³-hybridized carbons (Fsp3) is 0.500. The molecule has 0 radical (unpaired) electrons. The van der Waals surface area contributed by atoms with Gasteiger partial charge < -0.3 is 15.7 Å². The molecule has 0 spiro atoms. The third-order valence-electron chi connectivity index (χ3n) is 4.68. The lowest BCUT2D eigenvalue weighted by Crippen LogP contribution is -2.56. The van der Waals surface area contributed by atoms with Gasteiger partial charge in [-0.25, -0.2) is 0 Å². The zero-order valence-electron chi connectivity index (χ0n) is 11.9. The van der Waals surface area contributed by atoms with Crippen LogP contribution < -0.4 is 10.6 Å². The minimum atomic E-state index is -0.896. The van der Waals surface area contributed by atoms with Crippen LogP contribution in [0.15, 0.2) is 24.3 Å². The molecule has 1 atom stereocenters. The molecule has 1 aromatic rings. The van der Waals surface area contributed by atoms with Crippen molar-refractivity contribution in [1.82, 2.24) is 0 Å². The highest BCUT2D eigenvalue weighted by molar-refractivity contribution is 6.03. The number of carboxylic acid groups (broad SMARTS) is 1. The smallest absolute Gasteiger partial charge is 0.312 e. The lowest BCUT2D eigenvalue weighted by Gasteiger charge is -2.35. The minimum Gasteiger partial charge on any atom is -0.481 e. The molecule has 1 heterocycles. The van der Waals surface area contributed by atoms with Gasteiger partial charge in [0, 0.05) is 12.2 Å². The molecule has 5 nitrogen and oxygen atoms in total. The van der Waals surface area contributed by atoms with Crippen LogP contribution in [-0.2, 0) is 9.59 Å². The van der Waals surface area contributed by atoms with Crippen LogP contribution in [0.5, 0.6) is 0 Å². The third kappa shape index (κ3) is 2.31. The first-order valence-electron chi connectivity index (χ1n) is 7.45. The van der Waals surface area contributed by atoms with Crippen molar-refractivity contribution in [2.45, 2.75) is 43.6 Å². The van der Waals surface area contributed by atoms with Crippen molar-refractivity contribution in [1.29, 1.82) is 0 Å². The molecule has 3 N–H and O–H groups in total. The van der Waals surface area contributed by atoms with E-state index in [-0.39, 0.29) is 12.5 Å². The van der Waals surface area contributed by atoms with E-state index in [4.69, 9.17) is 5.73 Å². The summed E-state index contributed by atoms with van der Waals surface area (Å²) in [6.45, 7) is 0.187. The molecule has 1 amide bonds. The maximum atomic E-state index is 12.9. The number of carboxylic acids is 1. The van der Waals surface area contributed by atoms with Gasteiger partial charge in [0.05, 0.1) is 5.54 Å². The molecule has 0 bridgehead atoms. The molecule has 5 heteroatoms. The van der Waals surface area contributed by atoms with Gasteiger partial charge in [-0.15, -0.1) is 0 Å². The monoisotopic (exact) mass is 288 g/mol. The topological polar surface area (TPSA) is 83.6 Å². The van der Waals surface area contributed by atoms with Crippen LogP contribution in [-0.4, -0.2) is 29.1 Å². The summed E-state index contributed by atoms with van der Waals surface area (Å²) in [5.74, 6) is -1.68. The van der Waals surface area contributed by atoms with Gasteiger partial charge in [-0.1, -0.05) is 37.5 Å². The second kappa shape index (κ2) is 5.15. The van der Waals surface area contributed by atoms with Crippen LogP contribution in [0.25, 0.3) is 0 Å². The number of hydrogen-bond donors (Lipinski definition) is 2. The Labute approximate surface area is 123 Å². The van der Waals surface area contributed by atoms with Gasteiger partial charge in [-0.3, -0.25) is 9.59 Å². The second-order valence-electron chi connectivity index (χ2n) is 6.08. The summed E-state index contributed by atoms with van der Waals surface area (Å²) in [5, 5.41) is 9.36. The van der Waals surface area contributed by atoms with E-state index in [1.54, 1.807) is 11.0 Å². The molecule has 0 aromatic heterocycles. The van der Waals surface area contributed by atoms with E-state index in [1.807, 2.05) is 18.2 Å². The number of benzene rings is 1. The van der Waals surface area contributed by atoms with Gasteiger partial charge in [0.2, 0.25) is 5.91 Å². The normalized spacial score (nSPS) is 23.7. The maximum Gasteiger partial charge on any atom is 0.312 e. The predicted octanol–water partition coefficient (Wildman–Crippen LogP) is 1.86. The summed E-state index contributed by atoms with van der Waals surface area (Å²) in [5.41, 5.74) is 6.89. The van der Waals surface area contributed by atoms with E-state index in [0.717, 1.165) is 19.3 Å². The van der Waals surface area contributed by atoms with E-state index in [9.17, 15) is 14.7 Å². The zero-order valence-corrected chi connectivity index (χ0v) is 11.9. The Kier molecular flexibility index (Phi) is 3.45. The summed E-state index contributed by atoms with van der Waals surface area (Å²) in [6.07, 6.45) is 4.39. The van der Waals surface area contributed by atoms with Gasteiger partial charge in [-0.2, -0.15) is 0 Å². The Bertz CT molecular complexity index is 579. The van der Waals surface area contributed by atoms with Gasteiger partial charge in [0.15, 0.2) is 0 Å². The number of anilines is 1. The first-order chi connectivity index (χ1) is 10.0. The van der Waals surface area contributed by atoms with Gasteiger partial charge in [-0.05, 0) is 24.5 Å². The molecule has 1 fully saturated rings. The number of para-hydroxylation sites is 1. The first-order valence-corrected chi connectivity index (χ1v) is 7.45. The SMILES string of the molecule is NC1(C(=O)N2CC(C(=O)O)c3ccccc32)CCCCC1. The highest BCUT2D eigenvalue weighted by Crippen LogP contribution is 2.39. The largest absolute Gasteiger partial charge is 0.481 e. The van der Waals surface area contributed by atoms with Crippen LogP contribution >= 0.6 is 0 Å². The summed E-state index contributed by atoms with van der Waals surface area (Å²) < 4.78 is 0. The van der Waals surface area contributed by atoms with Crippen molar-refractivity contribution in [2.24, 2.45) is 5.73 Å². The molecule has 0 saturated heterocycles. The summed E-state index contributed by atoms with van der Waals surface area (Å²) in [7, 11) is 0. The first kappa shape index (κ1) is 14.1. The van der Waals surface area contributed by atoms with Crippen molar-refractivity contribution in [3.63, 3.8) is 0 Å². The molecular weight excluding hydrogens is 268 g/mol. The molecule has 3 rings (SSSR count). The Morgan fingerprint density at radius 3 is 2.52 bits per heavy atom. The van der Waals surface area contributed by atoms with Crippen LogP contribution in [0.4, 0.5) is 5.69 Å². The Balaban J connectivity index is 1.93. The molecule has 2 aliphatic rings. The number of rotatable bonds is 2. The summed E-state index contributed by atoms with van der Waals surface area (Å²) >= 11 is 0. The van der Waals surface area contributed by atoms with E-state index in [1.165, 1.54) is 0 Å². The lowest BCUT2D eigenvalue weighted by molar-refractivity contribution is -0.138. The van der Waals surface area contributed by atoms with Crippen LogP contribution in [0.2, 0.25) is 0 Å². The minimum absolute atomic E-state index is 0.126. The average molecular weight is 288 g/mol. The zero-order chi connectivity index (χ0) is 15.0. The quantitative estimate of drug-likeness (QED) is 0.870. The third-order valence-corrected chi connectivity index (χ3v) is 4.68. The van der Waals surface area contributed by atoms with Crippen molar-refractivity contribution in [3.05, 3.63) is 29.8 Å². The number of fused-ring (bicyclic) bond motifs is 1. The number of amides is 1. The van der Waals surface area contributed by atoms with Crippen LogP contribution in [0.1, 0.15) is 43.6 Å². The Hall–Kier alpha value is -1.88. The highest BCUT2D eigenvalue weighted by Gasteiger charge is 2.44. The molecule has 21 heavy (non-hydrogen) atoms. The second-order valence-corrected chi connectivity index (χ2v) is 6.08. The van der Waals surface area contributed by atoms with E-state index in [0.29, 0.717) is 24.1 Å². The maximum absolute atomic E-state index is 12.9. The van der Waals surface area contributed by atoms with E-state index in [2.05, 4.69) is 0 Å². The van der Waals surface area contributed by atoms with Crippen LogP contribution in [0, 0.1) is 0 Å². The van der Waals surface area contributed by atoms with Crippen molar-refractivity contribution < 1.29 is 14.7 Å². The predicted molar refractivity (Wildman–Crippen MR) is 79.2 cm³/mol. The number of hydrogen-bond acceptors (Lipinski definition) is 3. The molecule has 112 valence electrons. The molecule has 1 saturated carbocycles. The number of nitrogens with zero attached hydrogens (tertiary/aromatic N) is 1. The summed E-state index contributed by atoms with van der Waals surface area (Å²) in [4.78, 5) is 25.9. The van der Waals surface area contributed by atoms with E-state index < -0.39 is 17.4 Å². The number of nitrogens with two attached hydrogens (primary N) is 1. The summed E-state index contributed by atoms with van der Waals surface area (Å²) in [6, 6.07) is 7.22. The lowest BCUT2D eigenvalue weighted by atomic mass is 9.81. The molecular formula is C16H20N2O3. The fourth-order valence-corrected chi connectivity index (χ4v) is 3.48. The van der Waals surface area contributed by atoms with Crippen molar-refractivity contribution >= 4 is 17.6 Å².